The zero-order valence-electron chi connectivity index (χ0n) is 12.8. The molecule has 2 heteroatoms. The second-order valence-corrected chi connectivity index (χ2v) is 7.33. The molecule has 2 nitrogen and oxygen atoms in total. The van der Waals surface area contributed by atoms with Crippen LogP contribution in [0.15, 0.2) is 0 Å². The maximum atomic E-state index is 3.70. The van der Waals surface area contributed by atoms with Crippen LogP contribution in [0.25, 0.3) is 0 Å². The van der Waals surface area contributed by atoms with Crippen LogP contribution in [0.3, 0.4) is 0 Å². The average molecular weight is 252 g/mol. The predicted octanol–water partition coefficient (Wildman–Crippen LogP) is 3.42. The fourth-order valence-electron chi connectivity index (χ4n) is 3.56. The van der Waals surface area contributed by atoms with Crippen molar-refractivity contribution in [2.45, 2.75) is 83.8 Å². The van der Waals surface area contributed by atoms with Crippen LogP contribution in [0.4, 0.5) is 0 Å². The van der Waals surface area contributed by atoms with Crippen LogP contribution < -0.4 is 5.32 Å². The van der Waals surface area contributed by atoms with E-state index in [2.05, 4.69) is 37.9 Å². The van der Waals surface area contributed by atoms with Crippen LogP contribution in [0.1, 0.15) is 66.2 Å². The van der Waals surface area contributed by atoms with Crippen molar-refractivity contribution in [3.05, 3.63) is 0 Å². The molecule has 0 aromatic rings. The van der Waals surface area contributed by atoms with Gasteiger partial charge in [0.25, 0.3) is 0 Å². The van der Waals surface area contributed by atoms with E-state index < -0.39 is 0 Å². The monoisotopic (exact) mass is 252 g/mol. The zero-order chi connectivity index (χ0) is 13.2. The Morgan fingerprint density at radius 1 is 1.11 bits per heavy atom. The smallest absolute Gasteiger partial charge is 0.0139 e. The van der Waals surface area contributed by atoms with Crippen LogP contribution in [0.2, 0.25) is 0 Å². The lowest BCUT2D eigenvalue weighted by molar-refractivity contribution is 0.00426. The molecule has 1 heterocycles. The Hall–Kier alpha value is -0.0800. The molecule has 106 valence electrons. The van der Waals surface area contributed by atoms with Crippen molar-refractivity contribution < 1.29 is 0 Å². The second kappa shape index (κ2) is 5.92. The van der Waals surface area contributed by atoms with E-state index in [9.17, 15) is 0 Å². The quantitative estimate of drug-likeness (QED) is 0.825. The second-order valence-electron chi connectivity index (χ2n) is 7.33. The van der Waals surface area contributed by atoms with Gasteiger partial charge in [-0.1, -0.05) is 13.3 Å². The molecular weight excluding hydrogens is 220 g/mol. The summed E-state index contributed by atoms with van der Waals surface area (Å²) in [6.45, 7) is 11.8. The summed E-state index contributed by atoms with van der Waals surface area (Å²) < 4.78 is 0. The molecule has 0 aromatic carbocycles. The molecular formula is C16H32N2. The highest BCUT2D eigenvalue weighted by Gasteiger charge is 2.38. The maximum absolute atomic E-state index is 3.70. The first-order chi connectivity index (χ1) is 8.51. The van der Waals surface area contributed by atoms with E-state index >= 15 is 0 Å². The Balaban J connectivity index is 1.84. The summed E-state index contributed by atoms with van der Waals surface area (Å²) in [7, 11) is 0. The molecule has 2 rings (SSSR count). The first-order valence-electron chi connectivity index (χ1n) is 8.02. The van der Waals surface area contributed by atoms with Gasteiger partial charge in [0.05, 0.1) is 0 Å². The summed E-state index contributed by atoms with van der Waals surface area (Å²) in [5.74, 6) is 0.899. The molecule has 1 saturated heterocycles. The molecule has 1 aliphatic heterocycles. The van der Waals surface area contributed by atoms with E-state index in [1.807, 2.05) is 0 Å². The molecule has 0 spiro atoms. The van der Waals surface area contributed by atoms with Gasteiger partial charge in [-0.05, 0) is 71.9 Å². The largest absolute Gasteiger partial charge is 0.312 e. The molecule has 0 amide bonds. The fraction of sp³-hybridized carbons (Fsp3) is 1.00. The predicted molar refractivity (Wildman–Crippen MR) is 78.9 cm³/mol. The van der Waals surface area contributed by atoms with Crippen molar-refractivity contribution >= 4 is 0 Å². The summed E-state index contributed by atoms with van der Waals surface area (Å²) in [5, 5.41) is 3.70. The molecule has 18 heavy (non-hydrogen) atoms. The maximum Gasteiger partial charge on any atom is 0.0139 e. The molecule has 0 radical (unpaired) electrons. The SMILES string of the molecule is CCC1CCCCN1C1CCC1CNC(C)(C)C. The molecule has 2 fully saturated rings. The van der Waals surface area contributed by atoms with E-state index in [4.69, 9.17) is 0 Å². The van der Waals surface area contributed by atoms with Gasteiger partial charge in [0.2, 0.25) is 0 Å². The molecule has 1 N–H and O–H groups in total. The Morgan fingerprint density at radius 2 is 1.89 bits per heavy atom. The summed E-state index contributed by atoms with van der Waals surface area (Å²) in [6.07, 6.45) is 8.52. The van der Waals surface area contributed by atoms with E-state index in [0.29, 0.717) is 0 Å². The third-order valence-corrected chi connectivity index (χ3v) is 4.84. The van der Waals surface area contributed by atoms with Gasteiger partial charge in [0.1, 0.15) is 0 Å². The first kappa shape index (κ1) is 14.3. The standard InChI is InChI=1S/C16H32N2/c1-5-14-8-6-7-11-18(14)15-10-9-13(15)12-17-16(2,3)4/h13-15,17H,5-12H2,1-4H3. The Labute approximate surface area is 114 Å². The van der Waals surface area contributed by atoms with Gasteiger partial charge in [0.15, 0.2) is 0 Å². The number of hydrogen-bond acceptors (Lipinski definition) is 2. The van der Waals surface area contributed by atoms with Crippen molar-refractivity contribution in [1.82, 2.24) is 10.2 Å². The molecule has 1 saturated carbocycles. The van der Waals surface area contributed by atoms with Crippen LogP contribution in [0.5, 0.6) is 0 Å². The van der Waals surface area contributed by atoms with Crippen LogP contribution >= 0.6 is 0 Å². The van der Waals surface area contributed by atoms with Crippen molar-refractivity contribution in [3.63, 3.8) is 0 Å². The van der Waals surface area contributed by atoms with Crippen molar-refractivity contribution in [2.75, 3.05) is 13.1 Å². The summed E-state index contributed by atoms with van der Waals surface area (Å²) in [6, 6.07) is 1.76. The summed E-state index contributed by atoms with van der Waals surface area (Å²) >= 11 is 0. The van der Waals surface area contributed by atoms with Gasteiger partial charge < -0.3 is 5.32 Å². The number of likely N-dealkylation sites (tertiary alicyclic amines) is 1. The highest BCUT2D eigenvalue weighted by atomic mass is 15.2. The minimum absolute atomic E-state index is 0.270. The van der Waals surface area contributed by atoms with Gasteiger partial charge in [0, 0.05) is 17.6 Å². The minimum atomic E-state index is 0.270. The van der Waals surface area contributed by atoms with Gasteiger partial charge in [-0.25, -0.2) is 0 Å². The van der Waals surface area contributed by atoms with Gasteiger partial charge in [-0.2, -0.15) is 0 Å². The van der Waals surface area contributed by atoms with Crippen LogP contribution in [0, 0.1) is 5.92 Å². The van der Waals surface area contributed by atoms with Gasteiger partial charge in [-0.3, -0.25) is 4.90 Å². The molecule has 0 aromatic heterocycles. The van der Waals surface area contributed by atoms with Crippen molar-refractivity contribution in [2.24, 2.45) is 5.92 Å². The third-order valence-electron chi connectivity index (χ3n) is 4.84. The van der Waals surface area contributed by atoms with Gasteiger partial charge in [-0.15, -0.1) is 0 Å². The molecule has 1 aliphatic carbocycles. The highest BCUT2D eigenvalue weighted by Crippen LogP contribution is 2.36. The van der Waals surface area contributed by atoms with Crippen molar-refractivity contribution in [1.29, 1.82) is 0 Å². The highest BCUT2D eigenvalue weighted by molar-refractivity contribution is 4.94. The molecule has 3 atom stereocenters. The third kappa shape index (κ3) is 3.48. The summed E-state index contributed by atoms with van der Waals surface area (Å²) in [5.41, 5.74) is 0.270. The van der Waals surface area contributed by atoms with E-state index in [0.717, 1.165) is 18.0 Å². The minimum Gasteiger partial charge on any atom is -0.312 e. The number of piperidine rings is 1. The lowest BCUT2D eigenvalue weighted by atomic mass is 9.76. The summed E-state index contributed by atoms with van der Waals surface area (Å²) in [4.78, 5) is 2.85. The molecule has 2 aliphatic rings. The Bertz CT molecular complexity index is 256. The van der Waals surface area contributed by atoms with E-state index in [1.54, 1.807) is 0 Å². The van der Waals surface area contributed by atoms with E-state index in [-0.39, 0.29) is 5.54 Å². The molecule has 0 bridgehead atoms. The lowest BCUT2D eigenvalue weighted by Crippen LogP contribution is -2.56. The number of rotatable bonds is 4. The zero-order valence-corrected chi connectivity index (χ0v) is 12.8. The number of nitrogens with zero attached hydrogens (tertiary/aromatic N) is 1. The number of nitrogens with one attached hydrogen (secondary N) is 1. The molecule has 3 unspecified atom stereocenters. The number of hydrogen-bond donors (Lipinski definition) is 1. The topological polar surface area (TPSA) is 15.3 Å². The fourth-order valence-corrected chi connectivity index (χ4v) is 3.56. The lowest BCUT2D eigenvalue weighted by Gasteiger charge is -2.50. The van der Waals surface area contributed by atoms with Crippen LogP contribution in [-0.2, 0) is 0 Å². The van der Waals surface area contributed by atoms with Crippen molar-refractivity contribution in [3.8, 4) is 0 Å². The van der Waals surface area contributed by atoms with Crippen LogP contribution in [-0.4, -0.2) is 35.6 Å². The average Bonchev–Trinajstić information content (AvgIpc) is 2.27. The Kier molecular flexibility index (Phi) is 4.71. The van der Waals surface area contributed by atoms with Gasteiger partial charge >= 0.3 is 0 Å². The Morgan fingerprint density at radius 3 is 2.44 bits per heavy atom. The van der Waals surface area contributed by atoms with E-state index in [1.165, 1.54) is 51.6 Å². The first-order valence-corrected chi connectivity index (χ1v) is 8.02. The normalized spacial score (nSPS) is 34.3.